The standard InChI is InChI=1S/C43H26F14O11S3/c1-19-3-10-23(11-4-19)69(58,59)24-12-14-27(29(16-24)71(63,64)65)67-17-20-5-7-21(8-6-20)41(42(52,53)54,43(55,56)57)22-9-13-26(28(15-22)70(60,61)62)68-18-25-32(44)34(46)30(35(47)33(25)45)31-36(48)38(50)40(66-2)39(51)37(31)49/h3-16H,17-18H2,1-2H3,(H,60,61,62)(H,63,64,65). The molecule has 0 bridgehead atoms. The first kappa shape index (κ1) is 53.9. The molecule has 0 spiro atoms. The fourth-order valence-electron chi connectivity index (χ4n) is 7.07. The number of methoxy groups -OCH3 is 1. The number of alkyl halides is 6. The number of hydrogen-bond acceptors (Lipinski definition) is 9. The van der Waals surface area contributed by atoms with Crippen molar-refractivity contribution in [1.82, 2.24) is 0 Å². The van der Waals surface area contributed by atoms with Crippen LogP contribution in [0.3, 0.4) is 0 Å². The van der Waals surface area contributed by atoms with Gasteiger partial charge in [0.1, 0.15) is 34.5 Å². The van der Waals surface area contributed by atoms with Gasteiger partial charge in [0.2, 0.25) is 26.9 Å². The highest BCUT2D eigenvalue weighted by Crippen LogP contribution is 2.57. The molecule has 0 aliphatic rings. The third-order valence-corrected chi connectivity index (χ3v) is 14.0. The van der Waals surface area contributed by atoms with Crippen molar-refractivity contribution >= 4 is 30.1 Å². The van der Waals surface area contributed by atoms with E-state index in [1.165, 1.54) is 24.3 Å². The Labute approximate surface area is 391 Å². The largest absolute Gasteiger partial charge is 0.491 e. The van der Waals surface area contributed by atoms with Gasteiger partial charge in [-0.1, -0.05) is 48.0 Å². The van der Waals surface area contributed by atoms with Crippen molar-refractivity contribution in [2.24, 2.45) is 0 Å². The van der Waals surface area contributed by atoms with E-state index >= 15 is 43.9 Å². The van der Waals surface area contributed by atoms with Crippen LogP contribution >= 0.6 is 0 Å². The first-order chi connectivity index (χ1) is 32.7. The van der Waals surface area contributed by atoms with Crippen LogP contribution in [-0.4, -0.2) is 53.8 Å². The van der Waals surface area contributed by atoms with E-state index in [1.807, 2.05) is 0 Å². The summed E-state index contributed by atoms with van der Waals surface area (Å²) < 4.78 is 319. The third-order valence-electron chi connectivity index (χ3n) is 10.5. The minimum atomic E-state index is -6.48. The fraction of sp³-hybridized carbons (Fsp3) is 0.163. The van der Waals surface area contributed by atoms with Crippen LogP contribution < -0.4 is 14.2 Å². The molecule has 6 aromatic rings. The maximum Gasteiger partial charge on any atom is 0.411 e. The molecule has 0 aliphatic carbocycles. The van der Waals surface area contributed by atoms with Crippen molar-refractivity contribution < 1.29 is 110 Å². The molecule has 2 N–H and O–H groups in total. The summed E-state index contributed by atoms with van der Waals surface area (Å²) in [6.45, 7) is -1.18. The number of halogens is 14. The average Bonchev–Trinajstić information content (AvgIpc) is 3.27. The highest BCUT2D eigenvalue weighted by molar-refractivity contribution is 7.91. The molecule has 71 heavy (non-hydrogen) atoms. The van der Waals surface area contributed by atoms with E-state index in [0.29, 0.717) is 30.9 Å². The normalized spacial score (nSPS) is 12.8. The van der Waals surface area contributed by atoms with Gasteiger partial charge in [-0.05, 0) is 66.1 Å². The van der Waals surface area contributed by atoms with E-state index in [-0.39, 0.29) is 34.7 Å². The van der Waals surface area contributed by atoms with Crippen LogP contribution in [0.4, 0.5) is 61.5 Å². The molecule has 0 aliphatic heterocycles. The van der Waals surface area contributed by atoms with Gasteiger partial charge < -0.3 is 14.2 Å². The van der Waals surface area contributed by atoms with Crippen molar-refractivity contribution in [3.05, 3.63) is 159 Å². The molecule has 380 valence electrons. The van der Waals surface area contributed by atoms with Crippen LogP contribution in [0.2, 0.25) is 0 Å². The molecule has 0 amide bonds. The van der Waals surface area contributed by atoms with E-state index in [1.54, 1.807) is 6.92 Å². The highest BCUT2D eigenvalue weighted by atomic mass is 32.2. The van der Waals surface area contributed by atoms with Gasteiger partial charge >= 0.3 is 12.4 Å². The summed E-state index contributed by atoms with van der Waals surface area (Å²) in [5.74, 6) is -24.8. The molecule has 0 atom stereocenters. The van der Waals surface area contributed by atoms with Crippen LogP contribution in [0.5, 0.6) is 17.2 Å². The van der Waals surface area contributed by atoms with Crippen molar-refractivity contribution in [2.45, 2.75) is 57.5 Å². The number of aryl methyl sites for hydroxylation is 1. The lowest BCUT2D eigenvalue weighted by atomic mass is 9.72. The number of benzene rings is 6. The van der Waals surface area contributed by atoms with Crippen LogP contribution in [0.15, 0.2) is 105 Å². The molecule has 6 aromatic carbocycles. The molecule has 28 heteroatoms. The van der Waals surface area contributed by atoms with Gasteiger partial charge in [-0.25, -0.2) is 34.8 Å². The predicted molar refractivity (Wildman–Crippen MR) is 215 cm³/mol. The summed E-state index contributed by atoms with van der Waals surface area (Å²) in [6.07, 6.45) is -13.0. The second-order valence-electron chi connectivity index (χ2n) is 14.8. The summed E-state index contributed by atoms with van der Waals surface area (Å²) in [7, 11) is -15.2. The molecular formula is C43H26F14O11S3. The van der Waals surface area contributed by atoms with Gasteiger partial charge in [-0.2, -0.15) is 52.0 Å². The Balaban J connectivity index is 1.36. The summed E-state index contributed by atoms with van der Waals surface area (Å²) >= 11 is 0. The smallest absolute Gasteiger partial charge is 0.411 e. The summed E-state index contributed by atoms with van der Waals surface area (Å²) in [5.41, 5.74) is -15.2. The van der Waals surface area contributed by atoms with E-state index in [2.05, 4.69) is 4.74 Å². The van der Waals surface area contributed by atoms with Gasteiger partial charge in [0, 0.05) is 0 Å². The van der Waals surface area contributed by atoms with Gasteiger partial charge in [0.25, 0.3) is 20.2 Å². The van der Waals surface area contributed by atoms with Gasteiger partial charge in [0.15, 0.2) is 40.7 Å². The molecule has 0 radical (unpaired) electrons. The lowest BCUT2D eigenvalue weighted by Crippen LogP contribution is -2.54. The van der Waals surface area contributed by atoms with E-state index < -0.39 is 173 Å². The minimum Gasteiger partial charge on any atom is -0.491 e. The number of hydrogen-bond donors (Lipinski definition) is 2. The summed E-state index contributed by atoms with van der Waals surface area (Å²) in [4.78, 5) is -4.00. The zero-order valence-electron chi connectivity index (χ0n) is 35.1. The van der Waals surface area contributed by atoms with E-state index in [0.717, 1.165) is 12.1 Å². The van der Waals surface area contributed by atoms with Gasteiger partial charge in [-0.3, -0.25) is 9.11 Å². The maximum absolute atomic E-state index is 15.3. The Morgan fingerprint density at radius 3 is 1.35 bits per heavy atom. The Hall–Kier alpha value is -6.49. The van der Waals surface area contributed by atoms with Crippen LogP contribution in [0.25, 0.3) is 11.1 Å². The van der Waals surface area contributed by atoms with E-state index in [4.69, 9.17) is 9.47 Å². The van der Waals surface area contributed by atoms with Crippen molar-refractivity contribution in [2.75, 3.05) is 7.11 Å². The molecule has 0 fully saturated rings. The van der Waals surface area contributed by atoms with Crippen molar-refractivity contribution in [1.29, 1.82) is 0 Å². The summed E-state index contributed by atoms with van der Waals surface area (Å²) in [6, 6.07) is 8.64. The maximum atomic E-state index is 15.3. The molecule has 0 saturated heterocycles. The van der Waals surface area contributed by atoms with Gasteiger partial charge in [0.05, 0.1) is 33.6 Å². The molecular weight excluding hydrogens is 1050 g/mol. The topological polar surface area (TPSA) is 171 Å². The lowest BCUT2D eigenvalue weighted by Gasteiger charge is -2.38. The first-order valence-electron chi connectivity index (χ1n) is 19.0. The Morgan fingerprint density at radius 1 is 0.493 bits per heavy atom. The second kappa shape index (κ2) is 18.9. The minimum absolute atomic E-state index is 0.00151. The Bertz CT molecular complexity index is 3370. The summed E-state index contributed by atoms with van der Waals surface area (Å²) in [5, 5.41) is 0. The van der Waals surface area contributed by atoms with Crippen LogP contribution in [0.1, 0.15) is 27.8 Å². The molecule has 0 heterocycles. The predicted octanol–water partition coefficient (Wildman–Crippen LogP) is 10.7. The molecule has 6 rings (SSSR count). The SMILES string of the molecule is COc1c(F)c(F)c(-c2c(F)c(F)c(COc3ccc(C(c4ccc(COc5ccc(S(=O)(=O)c6ccc(C)cc6)cc5S(=O)(=O)O)cc4)(C(F)(F)F)C(F)(F)F)cc3S(=O)(=O)O)c(F)c2F)c(F)c1F. The molecule has 0 unspecified atom stereocenters. The zero-order valence-corrected chi connectivity index (χ0v) is 37.5. The number of ether oxygens (including phenoxy) is 3. The van der Waals surface area contributed by atoms with Gasteiger partial charge in [-0.15, -0.1) is 0 Å². The second-order valence-corrected chi connectivity index (χ2v) is 19.6. The van der Waals surface area contributed by atoms with Crippen molar-refractivity contribution in [3.8, 4) is 28.4 Å². The monoisotopic (exact) mass is 1080 g/mol. The highest BCUT2D eigenvalue weighted by Gasteiger charge is 2.72. The lowest BCUT2D eigenvalue weighted by molar-refractivity contribution is -0.288. The number of rotatable bonds is 14. The van der Waals surface area contributed by atoms with E-state index in [9.17, 15) is 51.9 Å². The van der Waals surface area contributed by atoms with Crippen LogP contribution in [-0.2, 0) is 48.7 Å². The molecule has 11 nitrogen and oxygen atoms in total. The molecule has 0 saturated carbocycles. The Kier molecular flexibility index (Phi) is 14.4. The Morgan fingerprint density at radius 2 is 0.901 bits per heavy atom. The fourth-order valence-corrected chi connectivity index (χ4v) is 9.75. The third kappa shape index (κ3) is 9.69. The average molecular weight is 1080 g/mol. The van der Waals surface area contributed by atoms with Crippen LogP contribution in [0, 0.1) is 53.5 Å². The quantitative estimate of drug-likeness (QED) is 0.0604. The zero-order chi connectivity index (χ0) is 53.1. The first-order valence-corrected chi connectivity index (χ1v) is 23.4. The number of sulfone groups is 1. The van der Waals surface area contributed by atoms with Crippen molar-refractivity contribution in [3.63, 3.8) is 0 Å². The molecule has 0 aromatic heterocycles.